The van der Waals surface area contributed by atoms with Gasteiger partial charge in [-0.05, 0) is 42.7 Å². The molecule has 1 N–H and O–H groups in total. The summed E-state index contributed by atoms with van der Waals surface area (Å²) in [6, 6.07) is 21.7. The van der Waals surface area contributed by atoms with Gasteiger partial charge in [0.25, 0.3) is 5.91 Å². The summed E-state index contributed by atoms with van der Waals surface area (Å²) in [4.78, 5) is 25.7. The Morgan fingerprint density at radius 2 is 1.61 bits per heavy atom. The van der Waals surface area contributed by atoms with E-state index >= 15 is 0 Å². The van der Waals surface area contributed by atoms with Gasteiger partial charge in [0.05, 0.1) is 0 Å². The Kier molecular flexibility index (Phi) is 6.26. The molecule has 0 heterocycles. The zero-order valence-corrected chi connectivity index (χ0v) is 16.8. The molecule has 0 spiro atoms. The van der Waals surface area contributed by atoms with E-state index in [-0.39, 0.29) is 29.9 Å². The summed E-state index contributed by atoms with van der Waals surface area (Å²) >= 11 is 0. The summed E-state index contributed by atoms with van der Waals surface area (Å²) in [5, 5.41) is 2.90. The SMILES string of the molecule is O=C(OC(C(=O)NC1CC1)c1ccccc1)c1ccccc1OCc1ccc(F)cc1. The van der Waals surface area contributed by atoms with Crippen LogP contribution in [0.25, 0.3) is 0 Å². The molecule has 31 heavy (non-hydrogen) atoms. The van der Waals surface area contributed by atoms with Crippen molar-refractivity contribution in [1.29, 1.82) is 0 Å². The maximum absolute atomic E-state index is 13.1. The first kappa shape index (κ1) is 20.6. The van der Waals surface area contributed by atoms with E-state index < -0.39 is 12.1 Å². The van der Waals surface area contributed by atoms with Crippen molar-refractivity contribution in [2.24, 2.45) is 0 Å². The van der Waals surface area contributed by atoms with Gasteiger partial charge >= 0.3 is 5.97 Å². The van der Waals surface area contributed by atoms with Crippen molar-refractivity contribution in [1.82, 2.24) is 5.32 Å². The third kappa shape index (κ3) is 5.48. The average Bonchev–Trinajstić information content (AvgIpc) is 3.61. The molecule has 5 nitrogen and oxygen atoms in total. The Hall–Kier alpha value is -3.67. The Labute approximate surface area is 179 Å². The topological polar surface area (TPSA) is 64.6 Å². The van der Waals surface area contributed by atoms with E-state index in [9.17, 15) is 14.0 Å². The van der Waals surface area contributed by atoms with Crippen LogP contribution in [0.3, 0.4) is 0 Å². The van der Waals surface area contributed by atoms with Crippen molar-refractivity contribution < 1.29 is 23.5 Å². The molecular weight excluding hydrogens is 397 g/mol. The lowest BCUT2D eigenvalue weighted by atomic mass is 10.1. The lowest BCUT2D eigenvalue weighted by Gasteiger charge is -2.19. The van der Waals surface area contributed by atoms with E-state index in [1.807, 2.05) is 6.07 Å². The molecule has 6 heteroatoms. The fourth-order valence-electron chi connectivity index (χ4n) is 3.08. The maximum atomic E-state index is 13.1. The van der Waals surface area contributed by atoms with Crippen molar-refractivity contribution in [2.75, 3.05) is 0 Å². The summed E-state index contributed by atoms with van der Waals surface area (Å²) in [6.45, 7) is 0.162. The van der Waals surface area contributed by atoms with Gasteiger partial charge in [0.15, 0.2) is 0 Å². The standard InChI is InChI=1S/C25H22FNO4/c26-19-12-10-17(11-13-19)16-30-22-9-5-4-8-21(22)25(29)31-23(18-6-2-1-3-7-18)24(28)27-20-14-15-20/h1-13,20,23H,14-16H2,(H,27,28). The number of amides is 1. The second kappa shape index (κ2) is 9.43. The van der Waals surface area contributed by atoms with Gasteiger partial charge in [0, 0.05) is 11.6 Å². The van der Waals surface area contributed by atoms with E-state index in [2.05, 4.69) is 5.32 Å². The summed E-state index contributed by atoms with van der Waals surface area (Å²) < 4.78 is 24.5. The highest BCUT2D eigenvalue weighted by Crippen LogP contribution is 2.26. The van der Waals surface area contributed by atoms with Gasteiger partial charge in [0.2, 0.25) is 6.10 Å². The van der Waals surface area contributed by atoms with Crippen LogP contribution in [0.4, 0.5) is 4.39 Å². The van der Waals surface area contributed by atoms with E-state index in [4.69, 9.17) is 9.47 Å². The number of esters is 1. The lowest BCUT2D eigenvalue weighted by molar-refractivity contribution is -0.130. The molecule has 1 unspecified atom stereocenters. The van der Waals surface area contributed by atoms with Crippen molar-refractivity contribution >= 4 is 11.9 Å². The van der Waals surface area contributed by atoms with Crippen LogP contribution in [-0.2, 0) is 16.1 Å². The molecule has 1 aliphatic rings. The second-order valence-corrected chi connectivity index (χ2v) is 7.39. The molecule has 0 radical (unpaired) electrons. The van der Waals surface area contributed by atoms with Crippen LogP contribution in [-0.4, -0.2) is 17.9 Å². The molecule has 1 saturated carbocycles. The predicted molar refractivity (Wildman–Crippen MR) is 113 cm³/mol. The van der Waals surface area contributed by atoms with Crippen LogP contribution >= 0.6 is 0 Å². The van der Waals surface area contributed by atoms with E-state index in [0.29, 0.717) is 11.3 Å². The fourth-order valence-corrected chi connectivity index (χ4v) is 3.08. The number of carbonyl (C=O) groups excluding carboxylic acids is 2. The molecule has 1 fully saturated rings. The fraction of sp³-hybridized carbons (Fsp3) is 0.200. The summed E-state index contributed by atoms with van der Waals surface area (Å²) in [5.74, 6) is -1.00. The number of rotatable bonds is 8. The van der Waals surface area contributed by atoms with E-state index in [1.54, 1.807) is 60.7 Å². The number of ether oxygens (including phenoxy) is 2. The third-order valence-electron chi connectivity index (χ3n) is 4.90. The molecule has 1 amide bonds. The van der Waals surface area contributed by atoms with Crippen LogP contribution in [0, 0.1) is 5.82 Å². The Morgan fingerprint density at radius 1 is 0.935 bits per heavy atom. The van der Waals surface area contributed by atoms with E-state index in [1.165, 1.54) is 12.1 Å². The average molecular weight is 419 g/mol. The molecule has 158 valence electrons. The summed E-state index contributed by atoms with van der Waals surface area (Å²) in [5.41, 5.74) is 1.57. The van der Waals surface area contributed by atoms with Gasteiger partial charge in [0.1, 0.15) is 23.7 Å². The minimum Gasteiger partial charge on any atom is -0.488 e. The zero-order valence-electron chi connectivity index (χ0n) is 16.8. The minimum atomic E-state index is -1.06. The molecule has 0 aromatic heterocycles. The molecule has 3 aromatic carbocycles. The van der Waals surface area contributed by atoms with Crippen LogP contribution in [0.2, 0.25) is 0 Å². The minimum absolute atomic E-state index is 0.142. The highest BCUT2D eigenvalue weighted by Gasteiger charge is 2.31. The third-order valence-corrected chi connectivity index (χ3v) is 4.90. The molecule has 3 aromatic rings. The number of hydrogen-bond donors (Lipinski definition) is 1. The number of para-hydroxylation sites is 1. The van der Waals surface area contributed by atoms with Crippen molar-refractivity contribution in [3.05, 3.63) is 101 Å². The van der Waals surface area contributed by atoms with Crippen molar-refractivity contribution in [3.63, 3.8) is 0 Å². The molecule has 1 aliphatic carbocycles. The normalized spacial score (nSPS) is 13.8. The van der Waals surface area contributed by atoms with Crippen molar-refractivity contribution in [3.8, 4) is 5.75 Å². The number of hydrogen-bond acceptors (Lipinski definition) is 4. The van der Waals surface area contributed by atoms with E-state index in [0.717, 1.165) is 18.4 Å². The monoisotopic (exact) mass is 419 g/mol. The number of benzene rings is 3. The number of halogens is 1. The first-order valence-electron chi connectivity index (χ1n) is 10.1. The van der Waals surface area contributed by atoms with Crippen LogP contribution < -0.4 is 10.1 Å². The quantitative estimate of drug-likeness (QED) is 0.543. The van der Waals surface area contributed by atoms with Gasteiger partial charge in [-0.3, -0.25) is 4.79 Å². The molecule has 0 bridgehead atoms. The number of nitrogens with one attached hydrogen (secondary N) is 1. The maximum Gasteiger partial charge on any atom is 0.343 e. The van der Waals surface area contributed by atoms with Crippen LogP contribution in [0.1, 0.15) is 40.4 Å². The summed E-state index contributed by atoms with van der Waals surface area (Å²) in [7, 11) is 0. The molecule has 4 rings (SSSR count). The van der Waals surface area contributed by atoms with Gasteiger partial charge in [-0.2, -0.15) is 0 Å². The van der Waals surface area contributed by atoms with Crippen LogP contribution in [0.15, 0.2) is 78.9 Å². The molecule has 1 atom stereocenters. The predicted octanol–water partition coefficient (Wildman–Crippen LogP) is 4.58. The smallest absolute Gasteiger partial charge is 0.343 e. The van der Waals surface area contributed by atoms with Gasteiger partial charge < -0.3 is 14.8 Å². The first-order valence-corrected chi connectivity index (χ1v) is 10.1. The van der Waals surface area contributed by atoms with Gasteiger partial charge in [-0.1, -0.05) is 54.6 Å². The molecule has 0 aliphatic heterocycles. The second-order valence-electron chi connectivity index (χ2n) is 7.39. The Morgan fingerprint density at radius 3 is 2.32 bits per heavy atom. The first-order chi connectivity index (χ1) is 15.1. The highest BCUT2D eigenvalue weighted by atomic mass is 19.1. The zero-order chi connectivity index (χ0) is 21.6. The lowest BCUT2D eigenvalue weighted by Crippen LogP contribution is -2.33. The van der Waals surface area contributed by atoms with Crippen molar-refractivity contribution in [2.45, 2.75) is 31.6 Å². The Balaban J connectivity index is 1.50. The van der Waals surface area contributed by atoms with Gasteiger partial charge in [-0.15, -0.1) is 0 Å². The molecule has 0 saturated heterocycles. The largest absolute Gasteiger partial charge is 0.488 e. The van der Waals surface area contributed by atoms with Crippen LogP contribution in [0.5, 0.6) is 5.75 Å². The van der Waals surface area contributed by atoms with Gasteiger partial charge in [-0.25, -0.2) is 9.18 Å². The Bertz CT molecular complexity index is 1050. The summed E-state index contributed by atoms with van der Waals surface area (Å²) in [6.07, 6.45) is 0.808. The number of carbonyl (C=O) groups is 2. The highest BCUT2D eigenvalue weighted by molar-refractivity contribution is 5.95. The molecular formula is C25H22FNO4.